The van der Waals surface area contributed by atoms with Gasteiger partial charge in [-0.1, -0.05) is 0 Å². The van der Waals surface area contributed by atoms with Gasteiger partial charge in [-0.15, -0.1) is 0 Å². The maximum absolute atomic E-state index is 14.6. The number of rotatable bonds is 6. The molecule has 0 spiro atoms. The fourth-order valence-electron chi connectivity index (χ4n) is 4.01. The van der Waals surface area contributed by atoms with Gasteiger partial charge in [0.25, 0.3) is 0 Å². The lowest BCUT2D eigenvalue weighted by Gasteiger charge is -2.14. The number of hydrogen-bond donors (Lipinski definition) is 1. The zero-order valence-corrected chi connectivity index (χ0v) is 19.0. The third-order valence-electron chi connectivity index (χ3n) is 5.88. The predicted octanol–water partition coefficient (Wildman–Crippen LogP) is 4.46. The summed E-state index contributed by atoms with van der Waals surface area (Å²) in [6.45, 7) is 0. The minimum absolute atomic E-state index is 0.151. The molecule has 6 rings (SSSR count). The monoisotopic (exact) mass is 492 g/mol. The normalized spacial score (nSPS) is 13.9. The van der Waals surface area contributed by atoms with Crippen molar-refractivity contribution in [3.05, 3.63) is 85.2 Å². The lowest BCUT2D eigenvalue weighted by Crippen LogP contribution is -2.17. The third kappa shape index (κ3) is 4.03. The number of aromatic nitrogens is 5. The van der Waals surface area contributed by atoms with Gasteiger partial charge in [0.15, 0.2) is 0 Å². The molecule has 0 amide bonds. The smallest absolute Gasteiger partial charge is 0.235 e. The largest absolute Gasteiger partial charge is 0.299 e. The molecule has 5 aromatic rings. The van der Waals surface area contributed by atoms with Crippen LogP contribution in [0.5, 0.6) is 0 Å². The van der Waals surface area contributed by atoms with E-state index >= 15 is 0 Å². The molecular formula is C24H18F2N6O2S. The predicted molar refractivity (Wildman–Crippen MR) is 127 cm³/mol. The van der Waals surface area contributed by atoms with Crippen molar-refractivity contribution in [3.63, 3.8) is 0 Å². The number of halogens is 2. The van der Waals surface area contributed by atoms with Crippen molar-refractivity contribution >= 4 is 26.7 Å². The Kier molecular flexibility index (Phi) is 4.88. The number of nitrogens with zero attached hydrogens (tertiary/aromatic N) is 5. The first-order valence-corrected chi connectivity index (χ1v) is 12.4. The number of anilines is 1. The number of sulfonamides is 1. The van der Waals surface area contributed by atoms with Gasteiger partial charge in [-0.2, -0.15) is 5.10 Å². The van der Waals surface area contributed by atoms with Crippen LogP contribution in [0, 0.1) is 11.6 Å². The Labute approximate surface area is 198 Å². The molecule has 2 aromatic heterocycles. The second-order valence-corrected chi connectivity index (χ2v) is 10.3. The second kappa shape index (κ2) is 7.98. The van der Waals surface area contributed by atoms with E-state index in [0.717, 1.165) is 23.3 Å². The third-order valence-corrected chi connectivity index (χ3v) is 7.74. The Morgan fingerprint density at radius 1 is 0.943 bits per heavy atom. The van der Waals surface area contributed by atoms with E-state index < -0.39 is 26.9 Å². The lowest BCUT2D eigenvalue weighted by atomic mass is 10.0. The van der Waals surface area contributed by atoms with Gasteiger partial charge in [0.1, 0.15) is 30.6 Å². The summed E-state index contributed by atoms with van der Waals surface area (Å²) in [7, 11) is -3.56. The number of hydrogen-bond acceptors (Lipinski definition) is 5. The molecule has 0 radical (unpaired) electrons. The van der Waals surface area contributed by atoms with Crippen molar-refractivity contribution in [1.29, 1.82) is 0 Å². The Balaban J connectivity index is 1.49. The highest BCUT2D eigenvalue weighted by Gasteiger charge is 2.35. The molecule has 1 saturated carbocycles. The summed E-state index contributed by atoms with van der Waals surface area (Å²) in [5.74, 6) is -1.44. The number of nitrogens with one attached hydrogen (secondary N) is 1. The first-order valence-electron chi connectivity index (χ1n) is 10.8. The Morgan fingerprint density at radius 2 is 1.80 bits per heavy atom. The van der Waals surface area contributed by atoms with Crippen LogP contribution in [-0.2, 0) is 10.0 Å². The first-order chi connectivity index (χ1) is 16.9. The molecule has 0 aliphatic heterocycles. The summed E-state index contributed by atoms with van der Waals surface area (Å²) >= 11 is 0. The summed E-state index contributed by atoms with van der Waals surface area (Å²) < 4.78 is 59.4. The summed E-state index contributed by atoms with van der Waals surface area (Å²) in [6, 6.07) is 13.8. The number of fused-ring (bicyclic) bond motifs is 1. The highest BCUT2D eigenvalue weighted by Crippen LogP contribution is 2.34. The molecule has 1 aliphatic carbocycles. The van der Waals surface area contributed by atoms with E-state index in [1.807, 2.05) is 18.2 Å². The highest BCUT2D eigenvalue weighted by atomic mass is 32.2. The van der Waals surface area contributed by atoms with Gasteiger partial charge >= 0.3 is 0 Å². The molecule has 0 atom stereocenters. The molecule has 1 fully saturated rings. The minimum Gasteiger partial charge on any atom is -0.299 e. The molecule has 2 heterocycles. The van der Waals surface area contributed by atoms with E-state index in [1.165, 1.54) is 12.4 Å². The first kappa shape index (κ1) is 21.4. The summed E-state index contributed by atoms with van der Waals surface area (Å²) in [6.07, 6.45) is 5.84. The fourth-order valence-corrected chi connectivity index (χ4v) is 5.37. The van der Waals surface area contributed by atoms with E-state index in [1.54, 1.807) is 40.1 Å². The summed E-state index contributed by atoms with van der Waals surface area (Å²) in [5.41, 5.74) is 3.61. The number of imidazole rings is 1. The van der Waals surface area contributed by atoms with Crippen molar-refractivity contribution in [2.75, 3.05) is 4.72 Å². The molecule has 8 nitrogen and oxygen atoms in total. The van der Waals surface area contributed by atoms with Crippen molar-refractivity contribution in [1.82, 2.24) is 24.3 Å². The quantitative estimate of drug-likeness (QED) is 0.378. The van der Waals surface area contributed by atoms with Crippen LogP contribution in [0.4, 0.5) is 14.5 Å². The van der Waals surface area contributed by atoms with Gasteiger partial charge < -0.3 is 0 Å². The van der Waals surface area contributed by atoms with E-state index in [9.17, 15) is 17.2 Å². The zero-order chi connectivity index (χ0) is 24.2. The second-order valence-electron chi connectivity index (χ2n) is 8.37. The van der Waals surface area contributed by atoms with Crippen molar-refractivity contribution < 1.29 is 17.2 Å². The average molecular weight is 493 g/mol. The van der Waals surface area contributed by atoms with E-state index in [2.05, 4.69) is 19.8 Å². The molecule has 1 N–H and O–H groups in total. The summed E-state index contributed by atoms with van der Waals surface area (Å²) in [4.78, 5) is 8.43. The van der Waals surface area contributed by atoms with Crippen LogP contribution < -0.4 is 4.72 Å². The van der Waals surface area contributed by atoms with Crippen LogP contribution in [0.2, 0.25) is 0 Å². The molecule has 0 bridgehead atoms. The van der Waals surface area contributed by atoms with Gasteiger partial charge in [-0.05, 0) is 66.9 Å². The molecular weight excluding hydrogens is 474 g/mol. The van der Waals surface area contributed by atoms with Gasteiger partial charge in [-0.25, -0.2) is 31.8 Å². The van der Waals surface area contributed by atoms with Crippen LogP contribution in [-0.4, -0.2) is 38.0 Å². The highest BCUT2D eigenvalue weighted by molar-refractivity contribution is 7.93. The average Bonchev–Trinajstić information content (AvgIpc) is 3.39. The Hall–Kier alpha value is -4.12. The van der Waals surface area contributed by atoms with Crippen LogP contribution in [0.15, 0.2) is 73.6 Å². The fraction of sp³-hybridized carbons (Fsp3) is 0.125. The van der Waals surface area contributed by atoms with Crippen molar-refractivity contribution in [2.45, 2.75) is 18.1 Å². The van der Waals surface area contributed by atoms with Crippen LogP contribution in [0.25, 0.3) is 33.5 Å². The van der Waals surface area contributed by atoms with Gasteiger partial charge in [-0.3, -0.25) is 9.29 Å². The maximum Gasteiger partial charge on any atom is 0.235 e. The number of benzene rings is 3. The van der Waals surface area contributed by atoms with Gasteiger partial charge in [0.05, 0.1) is 27.7 Å². The lowest BCUT2D eigenvalue weighted by molar-refractivity contribution is 0.585. The summed E-state index contributed by atoms with van der Waals surface area (Å²) in [5, 5.41) is 3.70. The zero-order valence-electron chi connectivity index (χ0n) is 18.1. The van der Waals surface area contributed by atoms with E-state index in [4.69, 9.17) is 0 Å². The molecule has 0 saturated heterocycles. The minimum atomic E-state index is -3.56. The molecule has 11 heteroatoms. The molecule has 3 aromatic carbocycles. The van der Waals surface area contributed by atoms with Crippen LogP contribution in [0.3, 0.4) is 0 Å². The Morgan fingerprint density at radius 3 is 2.54 bits per heavy atom. The topological polar surface area (TPSA) is 94.7 Å². The maximum atomic E-state index is 14.6. The van der Waals surface area contributed by atoms with Crippen molar-refractivity contribution in [2.24, 2.45) is 0 Å². The van der Waals surface area contributed by atoms with Gasteiger partial charge in [0.2, 0.25) is 10.0 Å². The Bertz CT molecular complexity index is 1680. The molecule has 176 valence electrons. The molecule has 0 unspecified atom stereocenters. The van der Waals surface area contributed by atoms with Crippen LogP contribution >= 0.6 is 0 Å². The van der Waals surface area contributed by atoms with Crippen LogP contribution in [0.1, 0.15) is 12.8 Å². The SMILES string of the molecule is O=S(=O)(Nc1cc(-c2ccc(F)cc2F)cc(-n2cnc3cc(-n4cncn4)ccc32)c1)C1CC1. The molecule has 35 heavy (non-hydrogen) atoms. The van der Waals surface area contributed by atoms with Crippen molar-refractivity contribution in [3.8, 4) is 22.5 Å². The molecule has 1 aliphatic rings. The standard InChI is InChI=1S/C24H18F2N6O2S/c25-16-1-5-21(22(26)9-16)15-7-17(30-35(33,34)20-3-4-20)10-19(8-15)31-14-28-23-11-18(2-6-24(23)31)32-13-27-12-29-32/h1-2,5-14,20,30H,3-4H2. The van der Waals surface area contributed by atoms with E-state index in [0.29, 0.717) is 29.6 Å². The van der Waals surface area contributed by atoms with Gasteiger partial charge in [0, 0.05) is 17.3 Å². The van der Waals surface area contributed by atoms with E-state index in [-0.39, 0.29) is 11.3 Å².